The first-order valence-electron chi connectivity index (χ1n) is 6.77. The second-order valence-electron chi connectivity index (χ2n) is 5.17. The molecule has 1 aromatic rings. The SMILES string of the molecule is Cc1sc(NC(=O)CN2CCNC[C@@H]2C)c(C#N)c1C. The van der Waals surface area contributed by atoms with Gasteiger partial charge in [-0.15, -0.1) is 11.3 Å². The zero-order valence-corrected chi connectivity index (χ0v) is 12.9. The van der Waals surface area contributed by atoms with Crippen molar-refractivity contribution < 1.29 is 4.79 Å². The van der Waals surface area contributed by atoms with Gasteiger partial charge in [0.25, 0.3) is 0 Å². The van der Waals surface area contributed by atoms with Crippen molar-refractivity contribution >= 4 is 22.2 Å². The number of nitriles is 1. The van der Waals surface area contributed by atoms with Crippen molar-refractivity contribution in [3.05, 3.63) is 16.0 Å². The Hall–Kier alpha value is -1.42. The number of nitrogens with zero attached hydrogens (tertiary/aromatic N) is 2. The van der Waals surface area contributed by atoms with E-state index in [-0.39, 0.29) is 5.91 Å². The van der Waals surface area contributed by atoms with Crippen molar-refractivity contribution in [2.45, 2.75) is 26.8 Å². The number of thiophene rings is 1. The Labute approximate surface area is 123 Å². The fraction of sp³-hybridized carbons (Fsp3) is 0.571. The molecule has 0 saturated carbocycles. The number of hydrogen-bond donors (Lipinski definition) is 2. The maximum Gasteiger partial charge on any atom is 0.239 e. The first-order valence-corrected chi connectivity index (χ1v) is 7.59. The summed E-state index contributed by atoms with van der Waals surface area (Å²) in [5, 5.41) is 16.0. The third kappa shape index (κ3) is 3.18. The number of rotatable bonds is 3. The number of carbonyl (C=O) groups excluding carboxylic acids is 1. The van der Waals surface area contributed by atoms with Crippen molar-refractivity contribution in [2.24, 2.45) is 0 Å². The number of piperazine rings is 1. The quantitative estimate of drug-likeness (QED) is 0.885. The Balaban J connectivity index is 2.01. The van der Waals surface area contributed by atoms with Gasteiger partial charge in [0, 0.05) is 30.6 Å². The molecule has 1 atom stereocenters. The summed E-state index contributed by atoms with van der Waals surface area (Å²) in [5.74, 6) is -0.0449. The number of hydrogen-bond acceptors (Lipinski definition) is 5. The van der Waals surface area contributed by atoms with E-state index in [4.69, 9.17) is 0 Å². The first kappa shape index (κ1) is 15.0. The van der Waals surface area contributed by atoms with E-state index in [0.29, 0.717) is 23.2 Å². The predicted molar refractivity (Wildman–Crippen MR) is 81.0 cm³/mol. The summed E-state index contributed by atoms with van der Waals surface area (Å²) in [6.45, 7) is 9.07. The van der Waals surface area contributed by atoms with E-state index in [0.717, 1.165) is 30.1 Å². The Morgan fingerprint density at radius 1 is 1.60 bits per heavy atom. The maximum absolute atomic E-state index is 12.1. The molecule has 2 N–H and O–H groups in total. The lowest BCUT2D eigenvalue weighted by atomic mass is 10.2. The molecule has 108 valence electrons. The molecule has 0 bridgehead atoms. The molecule has 1 saturated heterocycles. The molecule has 5 nitrogen and oxygen atoms in total. The molecule has 0 aromatic carbocycles. The lowest BCUT2D eigenvalue weighted by molar-refractivity contribution is -0.118. The van der Waals surface area contributed by atoms with E-state index in [1.807, 2.05) is 13.8 Å². The molecule has 1 fully saturated rings. The van der Waals surface area contributed by atoms with Gasteiger partial charge in [-0.2, -0.15) is 5.26 Å². The van der Waals surface area contributed by atoms with Crippen LogP contribution in [0.4, 0.5) is 5.00 Å². The normalized spacial score (nSPS) is 19.6. The summed E-state index contributed by atoms with van der Waals surface area (Å²) in [7, 11) is 0. The van der Waals surface area contributed by atoms with Gasteiger partial charge in [0.15, 0.2) is 0 Å². The average molecular weight is 292 g/mol. The Kier molecular flexibility index (Phi) is 4.76. The summed E-state index contributed by atoms with van der Waals surface area (Å²) in [5.41, 5.74) is 1.55. The van der Waals surface area contributed by atoms with E-state index >= 15 is 0 Å². The fourth-order valence-electron chi connectivity index (χ4n) is 2.32. The van der Waals surface area contributed by atoms with Crippen LogP contribution in [0.15, 0.2) is 0 Å². The third-order valence-corrected chi connectivity index (χ3v) is 4.86. The van der Waals surface area contributed by atoms with Crippen LogP contribution in [0.25, 0.3) is 0 Å². The highest BCUT2D eigenvalue weighted by molar-refractivity contribution is 7.16. The van der Waals surface area contributed by atoms with Crippen LogP contribution in [-0.4, -0.2) is 43.0 Å². The molecule has 6 heteroatoms. The van der Waals surface area contributed by atoms with Gasteiger partial charge >= 0.3 is 0 Å². The summed E-state index contributed by atoms with van der Waals surface area (Å²) in [6.07, 6.45) is 0. The molecule has 0 aliphatic carbocycles. The molecular weight excluding hydrogens is 272 g/mol. The van der Waals surface area contributed by atoms with Crippen LogP contribution in [0.3, 0.4) is 0 Å². The van der Waals surface area contributed by atoms with E-state index < -0.39 is 0 Å². The molecular formula is C14H20N4OS. The molecule has 1 aliphatic rings. The van der Waals surface area contributed by atoms with Crippen LogP contribution in [-0.2, 0) is 4.79 Å². The minimum Gasteiger partial charge on any atom is -0.315 e. The zero-order valence-electron chi connectivity index (χ0n) is 12.1. The second-order valence-corrected chi connectivity index (χ2v) is 6.40. The van der Waals surface area contributed by atoms with Gasteiger partial charge in [-0.1, -0.05) is 0 Å². The van der Waals surface area contributed by atoms with E-state index in [1.54, 1.807) is 0 Å². The second kappa shape index (κ2) is 6.35. The number of amides is 1. The topological polar surface area (TPSA) is 68.2 Å². The molecule has 1 aliphatic heterocycles. The molecule has 0 unspecified atom stereocenters. The molecule has 1 amide bonds. The van der Waals surface area contributed by atoms with Gasteiger partial charge in [0.2, 0.25) is 5.91 Å². The molecule has 20 heavy (non-hydrogen) atoms. The van der Waals surface area contributed by atoms with Crippen molar-refractivity contribution in [3.8, 4) is 6.07 Å². The van der Waals surface area contributed by atoms with Crippen molar-refractivity contribution in [1.82, 2.24) is 10.2 Å². The van der Waals surface area contributed by atoms with Gasteiger partial charge in [-0.3, -0.25) is 9.69 Å². The van der Waals surface area contributed by atoms with Gasteiger partial charge in [0.05, 0.1) is 12.1 Å². The lowest BCUT2D eigenvalue weighted by Crippen LogP contribution is -2.51. The largest absolute Gasteiger partial charge is 0.315 e. The molecule has 2 rings (SSSR count). The van der Waals surface area contributed by atoms with Crippen molar-refractivity contribution in [1.29, 1.82) is 5.26 Å². The van der Waals surface area contributed by atoms with Crippen LogP contribution in [0.1, 0.15) is 22.9 Å². The molecule has 0 spiro atoms. The number of aryl methyl sites for hydroxylation is 1. The highest BCUT2D eigenvalue weighted by Gasteiger charge is 2.21. The smallest absolute Gasteiger partial charge is 0.239 e. The van der Waals surface area contributed by atoms with Gasteiger partial charge < -0.3 is 10.6 Å². The summed E-state index contributed by atoms with van der Waals surface area (Å²) in [4.78, 5) is 15.4. The monoisotopic (exact) mass is 292 g/mol. The van der Waals surface area contributed by atoms with Crippen molar-refractivity contribution in [2.75, 3.05) is 31.5 Å². The average Bonchev–Trinajstić information content (AvgIpc) is 2.67. The third-order valence-electron chi connectivity index (χ3n) is 3.74. The Morgan fingerprint density at radius 3 is 3.00 bits per heavy atom. The Bertz CT molecular complexity index is 546. The Morgan fingerprint density at radius 2 is 2.35 bits per heavy atom. The summed E-state index contributed by atoms with van der Waals surface area (Å²) < 4.78 is 0. The van der Waals surface area contributed by atoms with Crippen LogP contribution in [0.2, 0.25) is 0 Å². The van der Waals surface area contributed by atoms with E-state index in [9.17, 15) is 10.1 Å². The van der Waals surface area contributed by atoms with Crippen LogP contribution in [0.5, 0.6) is 0 Å². The number of nitrogens with one attached hydrogen (secondary N) is 2. The number of carbonyl (C=O) groups is 1. The lowest BCUT2D eigenvalue weighted by Gasteiger charge is -2.33. The fourth-order valence-corrected chi connectivity index (χ4v) is 3.35. The van der Waals surface area contributed by atoms with E-state index in [2.05, 4.69) is 28.5 Å². The standard InChI is InChI=1S/C14H20N4OS/c1-9-7-16-4-5-18(9)8-13(19)17-14-12(6-15)10(2)11(3)20-14/h9,16H,4-5,7-8H2,1-3H3,(H,17,19)/t9-/m0/s1. The van der Waals surface area contributed by atoms with E-state index in [1.165, 1.54) is 11.3 Å². The first-order chi connectivity index (χ1) is 9.52. The van der Waals surface area contributed by atoms with Gasteiger partial charge in [0.1, 0.15) is 11.1 Å². The van der Waals surface area contributed by atoms with Gasteiger partial charge in [-0.05, 0) is 26.3 Å². The number of anilines is 1. The van der Waals surface area contributed by atoms with Crippen LogP contribution in [0, 0.1) is 25.2 Å². The minimum absolute atomic E-state index is 0.0449. The van der Waals surface area contributed by atoms with Crippen molar-refractivity contribution in [3.63, 3.8) is 0 Å². The molecule has 0 radical (unpaired) electrons. The zero-order chi connectivity index (χ0) is 14.7. The minimum atomic E-state index is -0.0449. The maximum atomic E-state index is 12.1. The molecule has 2 heterocycles. The summed E-state index contributed by atoms with van der Waals surface area (Å²) in [6, 6.07) is 2.53. The summed E-state index contributed by atoms with van der Waals surface area (Å²) >= 11 is 1.47. The molecule has 1 aromatic heterocycles. The van der Waals surface area contributed by atoms with Gasteiger partial charge in [-0.25, -0.2) is 0 Å². The highest BCUT2D eigenvalue weighted by atomic mass is 32.1. The predicted octanol–water partition coefficient (Wildman–Crippen LogP) is 1.47. The van der Waals surface area contributed by atoms with Crippen LogP contribution >= 0.6 is 11.3 Å². The van der Waals surface area contributed by atoms with Crippen LogP contribution < -0.4 is 10.6 Å². The highest BCUT2D eigenvalue weighted by Crippen LogP contribution is 2.31.